The molecule has 1 amide bonds. The molecular weight excluding hydrogens is 386 g/mol. The minimum Gasteiger partial charge on any atom is -0.372 e. The van der Waals surface area contributed by atoms with Crippen molar-refractivity contribution in [1.29, 1.82) is 0 Å². The molecule has 1 aromatic rings. The Labute approximate surface area is 175 Å². The van der Waals surface area contributed by atoms with Crippen LogP contribution in [0.2, 0.25) is 0 Å². The third-order valence-electron chi connectivity index (χ3n) is 6.60. The molecule has 2 aliphatic rings. The van der Waals surface area contributed by atoms with Gasteiger partial charge in [0.15, 0.2) is 0 Å². The molecule has 29 heavy (non-hydrogen) atoms. The summed E-state index contributed by atoms with van der Waals surface area (Å²) in [6.45, 7) is 7.60. The number of carbonyl (C=O) groups is 1. The lowest BCUT2D eigenvalue weighted by Gasteiger charge is -2.31. The fraction of sp³-hybridized carbons (Fsp3) is 0.682. The maximum atomic E-state index is 12.6. The van der Waals surface area contributed by atoms with Crippen molar-refractivity contribution in [2.24, 2.45) is 5.92 Å². The van der Waals surface area contributed by atoms with Crippen molar-refractivity contribution in [2.75, 3.05) is 23.3 Å². The first-order valence-electron chi connectivity index (χ1n) is 10.9. The quantitative estimate of drug-likeness (QED) is 0.700. The monoisotopic (exact) mass is 421 g/mol. The SMILES string of the molecule is CCC(C)(C)S(=O)(=O)NC1CCC(C(=O)Nc2ccc(N3CCCC3)cc2)CC1. The first-order valence-corrected chi connectivity index (χ1v) is 12.4. The van der Waals surface area contributed by atoms with E-state index in [1.165, 1.54) is 18.5 Å². The van der Waals surface area contributed by atoms with Crippen LogP contribution in [0.15, 0.2) is 24.3 Å². The van der Waals surface area contributed by atoms with Crippen LogP contribution < -0.4 is 14.9 Å². The van der Waals surface area contributed by atoms with Crippen molar-refractivity contribution >= 4 is 27.3 Å². The fourth-order valence-electron chi connectivity index (χ4n) is 4.02. The van der Waals surface area contributed by atoms with Crippen molar-refractivity contribution < 1.29 is 13.2 Å². The normalized spacial score (nSPS) is 23.2. The molecule has 7 heteroatoms. The predicted octanol–water partition coefficient (Wildman–Crippen LogP) is 3.89. The Balaban J connectivity index is 1.49. The largest absolute Gasteiger partial charge is 0.372 e. The lowest BCUT2D eigenvalue weighted by molar-refractivity contribution is -0.120. The molecule has 1 heterocycles. The van der Waals surface area contributed by atoms with Crippen molar-refractivity contribution in [3.63, 3.8) is 0 Å². The van der Waals surface area contributed by atoms with Crippen LogP contribution in [0.4, 0.5) is 11.4 Å². The van der Waals surface area contributed by atoms with E-state index in [-0.39, 0.29) is 17.9 Å². The molecular formula is C22H35N3O3S. The van der Waals surface area contributed by atoms with Crippen LogP contribution in [0.3, 0.4) is 0 Å². The highest BCUT2D eigenvalue weighted by molar-refractivity contribution is 7.90. The van der Waals surface area contributed by atoms with Gasteiger partial charge < -0.3 is 10.2 Å². The van der Waals surface area contributed by atoms with E-state index in [2.05, 4.69) is 27.1 Å². The molecule has 1 aliphatic carbocycles. The standard InChI is InChI=1S/C22H35N3O3S/c1-4-22(2,3)29(27,28)24-19-9-7-17(8-10-19)21(26)23-18-11-13-20(14-12-18)25-15-5-6-16-25/h11-14,17,19,24H,4-10,15-16H2,1-3H3,(H,23,26). The molecule has 0 atom stereocenters. The molecule has 162 valence electrons. The number of nitrogens with zero attached hydrogens (tertiary/aromatic N) is 1. The fourth-order valence-corrected chi connectivity index (χ4v) is 5.39. The smallest absolute Gasteiger partial charge is 0.227 e. The molecule has 1 aromatic carbocycles. The lowest BCUT2D eigenvalue weighted by Crippen LogP contribution is -2.47. The zero-order valence-electron chi connectivity index (χ0n) is 17.9. The van der Waals surface area contributed by atoms with Crippen molar-refractivity contribution in [2.45, 2.75) is 76.5 Å². The van der Waals surface area contributed by atoms with Gasteiger partial charge in [-0.2, -0.15) is 0 Å². The summed E-state index contributed by atoms with van der Waals surface area (Å²) in [5.41, 5.74) is 2.04. The summed E-state index contributed by atoms with van der Waals surface area (Å²) in [4.78, 5) is 15.0. The average Bonchev–Trinajstić information content (AvgIpc) is 3.23. The van der Waals surface area contributed by atoms with E-state index < -0.39 is 14.8 Å². The van der Waals surface area contributed by atoms with Gasteiger partial charge in [-0.25, -0.2) is 13.1 Å². The molecule has 0 radical (unpaired) electrons. The first-order chi connectivity index (χ1) is 13.7. The summed E-state index contributed by atoms with van der Waals surface area (Å²) in [6, 6.07) is 8.01. The number of hydrogen-bond acceptors (Lipinski definition) is 4. The number of nitrogens with one attached hydrogen (secondary N) is 2. The number of amides is 1. The summed E-state index contributed by atoms with van der Waals surface area (Å²) < 4.78 is 27.2. The number of carbonyl (C=O) groups excluding carboxylic acids is 1. The molecule has 6 nitrogen and oxygen atoms in total. The highest BCUT2D eigenvalue weighted by Crippen LogP contribution is 2.29. The van der Waals surface area contributed by atoms with Gasteiger partial charge >= 0.3 is 0 Å². The molecule has 1 saturated carbocycles. The van der Waals surface area contributed by atoms with E-state index in [1.807, 2.05) is 19.1 Å². The van der Waals surface area contributed by atoms with Crippen molar-refractivity contribution in [3.8, 4) is 0 Å². The van der Waals surface area contributed by atoms with Crippen LogP contribution in [-0.4, -0.2) is 38.2 Å². The Morgan fingerprint density at radius 1 is 1.07 bits per heavy atom. The molecule has 3 rings (SSSR count). The molecule has 2 N–H and O–H groups in total. The van der Waals surface area contributed by atoms with E-state index >= 15 is 0 Å². The molecule has 0 bridgehead atoms. The van der Waals surface area contributed by atoms with E-state index in [9.17, 15) is 13.2 Å². The summed E-state index contributed by atoms with van der Waals surface area (Å²) in [7, 11) is -3.36. The summed E-state index contributed by atoms with van der Waals surface area (Å²) in [6.07, 6.45) is 5.86. The molecule has 0 spiro atoms. The van der Waals surface area contributed by atoms with Gasteiger partial charge in [0.05, 0.1) is 4.75 Å². The van der Waals surface area contributed by atoms with E-state index in [4.69, 9.17) is 0 Å². The van der Waals surface area contributed by atoms with Crippen LogP contribution in [0.25, 0.3) is 0 Å². The molecule has 1 aliphatic heterocycles. The Morgan fingerprint density at radius 3 is 2.21 bits per heavy atom. The summed E-state index contributed by atoms with van der Waals surface area (Å²) in [5.74, 6) is -0.0256. The molecule has 0 aromatic heterocycles. The van der Waals surface area contributed by atoms with Gasteiger partial charge in [-0.05, 0) is 83.1 Å². The number of rotatable bonds is 7. The Hall–Kier alpha value is -1.60. The van der Waals surface area contributed by atoms with E-state index in [1.54, 1.807) is 13.8 Å². The molecule has 2 fully saturated rings. The predicted molar refractivity (Wildman–Crippen MR) is 119 cm³/mol. The van der Waals surface area contributed by atoms with Gasteiger partial charge in [0.25, 0.3) is 0 Å². The van der Waals surface area contributed by atoms with Crippen LogP contribution in [0.5, 0.6) is 0 Å². The minimum atomic E-state index is -3.36. The van der Waals surface area contributed by atoms with Crippen LogP contribution in [-0.2, 0) is 14.8 Å². The Kier molecular flexibility index (Phi) is 6.89. The summed E-state index contributed by atoms with van der Waals surface area (Å²) in [5, 5.41) is 3.03. The highest BCUT2D eigenvalue weighted by atomic mass is 32.2. The van der Waals surface area contributed by atoms with Gasteiger partial charge in [-0.1, -0.05) is 6.92 Å². The van der Waals surface area contributed by atoms with Crippen LogP contribution in [0, 0.1) is 5.92 Å². The van der Waals surface area contributed by atoms with Gasteiger partial charge in [-0.15, -0.1) is 0 Å². The average molecular weight is 422 g/mol. The first kappa shape index (κ1) is 22.1. The maximum absolute atomic E-state index is 12.6. The van der Waals surface area contributed by atoms with E-state index in [0.717, 1.165) is 18.8 Å². The van der Waals surface area contributed by atoms with Gasteiger partial charge in [0, 0.05) is 36.4 Å². The third-order valence-corrected chi connectivity index (χ3v) is 8.99. The zero-order chi connectivity index (χ0) is 21.1. The molecule has 1 saturated heterocycles. The van der Waals surface area contributed by atoms with Crippen molar-refractivity contribution in [3.05, 3.63) is 24.3 Å². The number of benzene rings is 1. The van der Waals surface area contributed by atoms with Gasteiger partial charge in [0.1, 0.15) is 0 Å². The number of sulfonamides is 1. The third kappa shape index (κ3) is 5.31. The lowest BCUT2D eigenvalue weighted by atomic mass is 9.86. The topological polar surface area (TPSA) is 78.5 Å². The van der Waals surface area contributed by atoms with Gasteiger partial charge in [0.2, 0.25) is 15.9 Å². The highest BCUT2D eigenvalue weighted by Gasteiger charge is 2.36. The van der Waals surface area contributed by atoms with Gasteiger partial charge in [-0.3, -0.25) is 4.79 Å². The number of hydrogen-bond donors (Lipinski definition) is 2. The Morgan fingerprint density at radius 2 is 1.66 bits per heavy atom. The Bertz CT molecular complexity index is 791. The van der Waals surface area contributed by atoms with Crippen LogP contribution >= 0.6 is 0 Å². The maximum Gasteiger partial charge on any atom is 0.227 e. The second kappa shape index (κ2) is 9.04. The van der Waals surface area contributed by atoms with Crippen LogP contribution in [0.1, 0.15) is 65.7 Å². The summed E-state index contributed by atoms with van der Waals surface area (Å²) >= 11 is 0. The number of anilines is 2. The van der Waals surface area contributed by atoms with Crippen molar-refractivity contribution in [1.82, 2.24) is 4.72 Å². The minimum absolute atomic E-state index is 0.0362. The second-order valence-corrected chi connectivity index (χ2v) is 11.4. The molecule has 0 unspecified atom stereocenters. The second-order valence-electron chi connectivity index (χ2n) is 9.01. The van der Waals surface area contributed by atoms with E-state index in [0.29, 0.717) is 32.1 Å². The zero-order valence-corrected chi connectivity index (χ0v) is 18.7.